The number of aliphatic hydroxyl groups is 1. The number of rotatable bonds is 4. The lowest BCUT2D eigenvalue weighted by molar-refractivity contribution is 0.0145. The SMILES string of the molecule is [2H]C([2H])(O)[C@]([2H])(C)OCc1ccccc1. The van der Waals surface area contributed by atoms with Gasteiger partial charge >= 0.3 is 0 Å². The second-order valence-corrected chi connectivity index (χ2v) is 2.44. The molecule has 0 fully saturated rings. The number of hydrogen-bond acceptors (Lipinski definition) is 2. The van der Waals surface area contributed by atoms with E-state index in [1.54, 1.807) is 0 Å². The van der Waals surface area contributed by atoms with Crippen LogP contribution in [0.1, 0.15) is 16.6 Å². The lowest BCUT2D eigenvalue weighted by Gasteiger charge is -2.09. The van der Waals surface area contributed by atoms with Crippen molar-refractivity contribution in [1.29, 1.82) is 0 Å². The number of ether oxygens (including phenoxy) is 1. The largest absolute Gasteiger partial charge is 0.394 e. The summed E-state index contributed by atoms with van der Waals surface area (Å²) in [6, 6.07) is 9.13. The fourth-order valence-electron chi connectivity index (χ4n) is 0.798. The van der Waals surface area contributed by atoms with E-state index in [4.69, 9.17) is 14.0 Å². The van der Waals surface area contributed by atoms with E-state index in [9.17, 15) is 0 Å². The van der Waals surface area contributed by atoms with Crippen LogP contribution in [0, 0.1) is 0 Å². The minimum Gasteiger partial charge on any atom is -0.394 e. The molecule has 66 valence electrons. The molecule has 0 heterocycles. The summed E-state index contributed by atoms with van der Waals surface area (Å²) in [7, 11) is 0. The zero-order valence-corrected chi connectivity index (χ0v) is 6.95. The molecule has 0 spiro atoms. The first-order valence-electron chi connectivity index (χ1n) is 5.23. The first kappa shape index (κ1) is 5.73. The van der Waals surface area contributed by atoms with E-state index in [1.165, 1.54) is 6.92 Å². The Labute approximate surface area is 77.0 Å². The smallest absolute Gasteiger partial charge is 0.0782 e. The molecule has 0 unspecified atom stereocenters. The predicted molar refractivity (Wildman–Crippen MR) is 47.8 cm³/mol. The Bertz CT molecular complexity index is 306. The predicted octanol–water partition coefficient (Wildman–Crippen LogP) is 1.58. The molecule has 0 bridgehead atoms. The van der Waals surface area contributed by atoms with Crippen LogP contribution in [0.25, 0.3) is 0 Å². The highest BCUT2D eigenvalue weighted by Crippen LogP contribution is 2.02. The Morgan fingerprint density at radius 2 is 2.25 bits per heavy atom. The third kappa shape index (κ3) is 3.03. The Balaban J connectivity index is 2.58. The minimum absolute atomic E-state index is 0.0981. The van der Waals surface area contributed by atoms with Crippen LogP contribution in [-0.4, -0.2) is 17.7 Å². The Hall–Kier alpha value is -0.860. The summed E-state index contributed by atoms with van der Waals surface area (Å²) in [5, 5.41) is 9.04. The van der Waals surface area contributed by atoms with Gasteiger partial charge in [-0.2, -0.15) is 0 Å². The van der Waals surface area contributed by atoms with E-state index < -0.39 is 12.6 Å². The van der Waals surface area contributed by atoms with Crippen molar-refractivity contribution in [2.45, 2.75) is 19.6 Å². The first-order valence-corrected chi connectivity index (χ1v) is 3.73. The van der Waals surface area contributed by atoms with Gasteiger partial charge in [0.15, 0.2) is 0 Å². The topological polar surface area (TPSA) is 29.5 Å². The zero-order chi connectivity index (χ0) is 11.5. The van der Waals surface area contributed by atoms with Gasteiger partial charge in [0.25, 0.3) is 0 Å². The van der Waals surface area contributed by atoms with Gasteiger partial charge < -0.3 is 9.84 Å². The molecule has 1 atom stereocenters. The van der Waals surface area contributed by atoms with Gasteiger partial charge in [-0.1, -0.05) is 30.3 Å². The fourth-order valence-corrected chi connectivity index (χ4v) is 0.798. The van der Waals surface area contributed by atoms with Crippen LogP contribution in [0.2, 0.25) is 0 Å². The quantitative estimate of drug-likeness (QED) is 0.741. The van der Waals surface area contributed by atoms with Crippen molar-refractivity contribution in [3.8, 4) is 0 Å². The molecule has 0 amide bonds. The van der Waals surface area contributed by atoms with Crippen LogP contribution in [0.4, 0.5) is 0 Å². The van der Waals surface area contributed by atoms with Crippen LogP contribution >= 0.6 is 0 Å². The third-order valence-corrected chi connectivity index (χ3v) is 1.46. The van der Waals surface area contributed by atoms with Gasteiger partial charge in [-0.3, -0.25) is 0 Å². The highest BCUT2D eigenvalue weighted by molar-refractivity contribution is 5.13. The molecule has 0 aliphatic carbocycles. The molecule has 1 N–H and O–H groups in total. The van der Waals surface area contributed by atoms with Gasteiger partial charge in [-0.05, 0) is 12.5 Å². The van der Waals surface area contributed by atoms with Crippen LogP contribution in [0.15, 0.2) is 30.3 Å². The van der Waals surface area contributed by atoms with Crippen molar-refractivity contribution in [2.24, 2.45) is 0 Å². The Morgan fingerprint density at radius 3 is 2.83 bits per heavy atom. The Morgan fingerprint density at radius 1 is 1.58 bits per heavy atom. The lowest BCUT2D eigenvalue weighted by Crippen LogP contribution is -2.12. The van der Waals surface area contributed by atoms with Crippen LogP contribution in [0.5, 0.6) is 0 Å². The molecular formula is C10H14O2. The summed E-state index contributed by atoms with van der Waals surface area (Å²) in [6.07, 6.45) is -1.97. The average Bonchev–Trinajstić information content (AvgIpc) is 2.15. The standard InChI is InChI=1S/C10H14O2/c1-9(7-11)12-8-10-5-3-2-4-6-10/h2-6,9,11H,7-8H2,1H3/t9-/m0/s1/i7D2,9D. The number of benzene rings is 1. The van der Waals surface area contributed by atoms with Crippen molar-refractivity contribution in [1.82, 2.24) is 0 Å². The molecule has 1 rings (SSSR count). The first-order chi connectivity index (χ1) is 6.83. The Kier molecular flexibility index (Phi) is 2.34. The van der Waals surface area contributed by atoms with Crippen LogP contribution in [0.3, 0.4) is 0 Å². The third-order valence-electron chi connectivity index (χ3n) is 1.46. The number of hydrogen-bond donors (Lipinski definition) is 1. The summed E-state index contributed by atoms with van der Waals surface area (Å²) < 4.78 is 26.5. The molecule has 2 heteroatoms. The highest BCUT2D eigenvalue weighted by atomic mass is 16.5. The van der Waals surface area contributed by atoms with Crippen LogP contribution < -0.4 is 0 Å². The molecule has 1 aromatic rings. The molecule has 12 heavy (non-hydrogen) atoms. The van der Waals surface area contributed by atoms with Crippen molar-refractivity contribution >= 4 is 0 Å². The molecule has 2 nitrogen and oxygen atoms in total. The molecule has 0 aliphatic rings. The van der Waals surface area contributed by atoms with E-state index in [1.807, 2.05) is 30.3 Å². The summed E-state index contributed by atoms with van der Waals surface area (Å²) in [5.41, 5.74) is 0.834. The van der Waals surface area contributed by atoms with Crippen LogP contribution in [-0.2, 0) is 11.3 Å². The van der Waals surface area contributed by atoms with E-state index in [0.29, 0.717) is 0 Å². The van der Waals surface area contributed by atoms with E-state index in [-0.39, 0.29) is 6.61 Å². The van der Waals surface area contributed by atoms with Crippen molar-refractivity contribution < 1.29 is 14.0 Å². The lowest BCUT2D eigenvalue weighted by atomic mass is 10.2. The van der Waals surface area contributed by atoms with E-state index in [0.717, 1.165) is 5.56 Å². The van der Waals surface area contributed by atoms with Crippen molar-refractivity contribution in [3.05, 3.63) is 35.9 Å². The molecule has 0 aliphatic heterocycles. The second kappa shape index (κ2) is 4.91. The molecule has 0 saturated carbocycles. The summed E-state index contributed by atoms with van der Waals surface area (Å²) in [6.45, 7) is -1.39. The summed E-state index contributed by atoms with van der Waals surface area (Å²) >= 11 is 0. The maximum Gasteiger partial charge on any atom is 0.0782 e. The maximum atomic E-state index is 9.04. The van der Waals surface area contributed by atoms with E-state index in [2.05, 4.69) is 0 Å². The highest BCUT2D eigenvalue weighted by Gasteiger charge is 1.98. The maximum absolute atomic E-state index is 9.04. The van der Waals surface area contributed by atoms with Gasteiger partial charge in [0.2, 0.25) is 0 Å². The molecule has 0 radical (unpaired) electrons. The second-order valence-electron chi connectivity index (χ2n) is 2.44. The van der Waals surface area contributed by atoms with Gasteiger partial charge in [-0.25, -0.2) is 0 Å². The molecular weight excluding hydrogens is 152 g/mol. The molecule has 0 saturated heterocycles. The van der Waals surface area contributed by atoms with Gasteiger partial charge in [0.1, 0.15) is 0 Å². The van der Waals surface area contributed by atoms with Crippen molar-refractivity contribution in [3.63, 3.8) is 0 Å². The summed E-state index contributed by atoms with van der Waals surface area (Å²) in [5.74, 6) is 0. The normalized spacial score (nSPS) is 20.3. The fraction of sp³-hybridized carbons (Fsp3) is 0.400. The average molecular weight is 169 g/mol. The molecule has 1 aromatic carbocycles. The van der Waals surface area contributed by atoms with Gasteiger partial charge in [0, 0.05) is 0 Å². The van der Waals surface area contributed by atoms with Gasteiger partial charge in [0.05, 0.1) is 23.4 Å². The monoisotopic (exact) mass is 169 g/mol. The van der Waals surface area contributed by atoms with Gasteiger partial charge in [-0.15, -0.1) is 0 Å². The van der Waals surface area contributed by atoms with E-state index >= 15 is 0 Å². The zero-order valence-electron chi connectivity index (χ0n) is 9.95. The minimum atomic E-state index is -2.68. The molecule has 0 aromatic heterocycles. The summed E-state index contributed by atoms with van der Waals surface area (Å²) in [4.78, 5) is 0. The van der Waals surface area contributed by atoms with Crippen molar-refractivity contribution in [2.75, 3.05) is 6.56 Å².